The lowest BCUT2D eigenvalue weighted by molar-refractivity contribution is -0.385. The van der Waals surface area contributed by atoms with Gasteiger partial charge in [0.15, 0.2) is 0 Å². The maximum absolute atomic E-state index is 12.0. The van der Waals surface area contributed by atoms with E-state index in [1.807, 2.05) is 6.92 Å². The predicted molar refractivity (Wildman–Crippen MR) is 95.1 cm³/mol. The Morgan fingerprint density at radius 1 is 1.28 bits per heavy atom. The van der Waals surface area contributed by atoms with Crippen LogP contribution in [0.15, 0.2) is 47.6 Å². The summed E-state index contributed by atoms with van der Waals surface area (Å²) in [6.07, 6.45) is 2.27. The molecule has 0 bridgehead atoms. The van der Waals surface area contributed by atoms with Crippen molar-refractivity contribution in [1.29, 1.82) is 0 Å². The van der Waals surface area contributed by atoms with Crippen LogP contribution in [0.4, 0.5) is 5.69 Å². The largest absolute Gasteiger partial charge is 0.494 e. The van der Waals surface area contributed by atoms with E-state index in [2.05, 4.69) is 10.5 Å². The third-order valence-electron chi connectivity index (χ3n) is 3.40. The maximum atomic E-state index is 12.0. The molecule has 0 radical (unpaired) electrons. The monoisotopic (exact) mass is 341 g/mol. The summed E-state index contributed by atoms with van der Waals surface area (Å²) in [5.41, 5.74) is 3.94. The van der Waals surface area contributed by atoms with Crippen LogP contribution in [0.2, 0.25) is 0 Å². The van der Waals surface area contributed by atoms with Crippen LogP contribution in [0.3, 0.4) is 0 Å². The van der Waals surface area contributed by atoms with E-state index in [0.29, 0.717) is 29.0 Å². The Labute approximate surface area is 145 Å². The number of nitrogens with zero attached hydrogens (tertiary/aromatic N) is 2. The van der Waals surface area contributed by atoms with E-state index in [1.165, 1.54) is 12.3 Å². The number of amides is 1. The molecule has 0 spiro atoms. The molecule has 0 aliphatic rings. The first-order valence-electron chi connectivity index (χ1n) is 7.82. The molecule has 0 fully saturated rings. The van der Waals surface area contributed by atoms with Gasteiger partial charge in [-0.2, -0.15) is 5.10 Å². The van der Waals surface area contributed by atoms with Gasteiger partial charge in [0.1, 0.15) is 5.75 Å². The van der Waals surface area contributed by atoms with Gasteiger partial charge in [-0.05, 0) is 37.6 Å². The molecule has 1 amide bonds. The first-order valence-corrected chi connectivity index (χ1v) is 7.82. The van der Waals surface area contributed by atoms with Gasteiger partial charge in [0.05, 0.1) is 17.7 Å². The molecule has 130 valence electrons. The SMILES string of the molecule is CCCOc1ccc(C(=O)N/N=C/c2ccc(C)c([N+](=O)[O-])c2)cc1. The van der Waals surface area contributed by atoms with Gasteiger partial charge >= 0.3 is 0 Å². The van der Waals surface area contributed by atoms with E-state index in [1.54, 1.807) is 43.3 Å². The molecule has 0 atom stereocenters. The van der Waals surface area contributed by atoms with Gasteiger partial charge in [-0.3, -0.25) is 14.9 Å². The predicted octanol–water partition coefficient (Wildman–Crippen LogP) is 3.46. The molecule has 2 rings (SSSR count). The van der Waals surface area contributed by atoms with Crippen LogP contribution in [-0.4, -0.2) is 23.7 Å². The number of nitro groups is 1. The fraction of sp³-hybridized carbons (Fsp3) is 0.222. The normalized spacial score (nSPS) is 10.6. The molecule has 0 unspecified atom stereocenters. The van der Waals surface area contributed by atoms with E-state index < -0.39 is 4.92 Å². The van der Waals surface area contributed by atoms with Gasteiger partial charge in [-0.25, -0.2) is 5.43 Å². The second-order valence-electron chi connectivity index (χ2n) is 5.37. The highest BCUT2D eigenvalue weighted by molar-refractivity contribution is 5.95. The van der Waals surface area contributed by atoms with Crippen molar-refractivity contribution in [2.24, 2.45) is 5.10 Å². The Hall–Kier alpha value is -3.22. The maximum Gasteiger partial charge on any atom is 0.272 e. The summed E-state index contributed by atoms with van der Waals surface area (Å²) in [7, 11) is 0. The molecule has 0 aliphatic heterocycles. The number of hydrogen-bond acceptors (Lipinski definition) is 5. The van der Waals surface area contributed by atoms with Crippen LogP contribution in [-0.2, 0) is 0 Å². The van der Waals surface area contributed by atoms with Crippen LogP contribution < -0.4 is 10.2 Å². The zero-order chi connectivity index (χ0) is 18.2. The van der Waals surface area contributed by atoms with Crippen molar-refractivity contribution in [2.45, 2.75) is 20.3 Å². The van der Waals surface area contributed by atoms with Crippen LogP contribution in [0.25, 0.3) is 0 Å². The number of aryl methyl sites for hydroxylation is 1. The topological polar surface area (TPSA) is 93.8 Å². The molecule has 0 aromatic heterocycles. The van der Waals surface area contributed by atoms with Gasteiger partial charge in [0, 0.05) is 22.8 Å². The average molecular weight is 341 g/mol. The Morgan fingerprint density at radius 3 is 2.64 bits per heavy atom. The molecular weight excluding hydrogens is 322 g/mol. The molecule has 25 heavy (non-hydrogen) atoms. The smallest absolute Gasteiger partial charge is 0.272 e. The molecule has 2 aromatic rings. The highest BCUT2D eigenvalue weighted by Gasteiger charge is 2.10. The van der Waals surface area contributed by atoms with Crippen molar-refractivity contribution in [1.82, 2.24) is 5.43 Å². The number of benzene rings is 2. The van der Waals surface area contributed by atoms with Crippen LogP contribution in [0.1, 0.15) is 34.8 Å². The standard InChI is InChI=1S/C18H19N3O4/c1-3-10-25-16-8-6-15(7-9-16)18(22)20-19-12-14-5-4-13(2)17(11-14)21(23)24/h4-9,11-12H,3,10H2,1-2H3,(H,20,22)/b19-12+. The molecule has 0 heterocycles. The van der Waals surface area contributed by atoms with Crippen molar-refractivity contribution in [2.75, 3.05) is 6.61 Å². The van der Waals surface area contributed by atoms with E-state index in [0.717, 1.165) is 6.42 Å². The van der Waals surface area contributed by atoms with Crippen molar-refractivity contribution < 1.29 is 14.5 Å². The third-order valence-corrected chi connectivity index (χ3v) is 3.40. The van der Waals surface area contributed by atoms with E-state index >= 15 is 0 Å². The second kappa shape index (κ2) is 8.58. The molecule has 7 heteroatoms. The fourth-order valence-electron chi connectivity index (χ4n) is 2.06. The first-order chi connectivity index (χ1) is 12.0. The molecule has 0 saturated heterocycles. The molecule has 0 saturated carbocycles. The van der Waals surface area contributed by atoms with E-state index in [4.69, 9.17) is 4.74 Å². The summed E-state index contributed by atoms with van der Waals surface area (Å²) in [5.74, 6) is 0.328. The highest BCUT2D eigenvalue weighted by atomic mass is 16.6. The van der Waals surface area contributed by atoms with Gasteiger partial charge in [-0.15, -0.1) is 0 Å². The number of nitro benzene ring substituents is 1. The van der Waals surface area contributed by atoms with Gasteiger partial charge in [0.25, 0.3) is 11.6 Å². The third kappa shape index (κ3) is 5.13. The highest BCUT2D eigenvalue weighted by Crippen LogP contribution is 2.18. The summed E-state index contributed by atoms with van der Waals surface area (Å²) >= 11 is 0. The minimum absolute atomic E-state index is 0.0120. The number of ether oxygens (including phenoxy) is 1. The van der Waals surface area contributed by atoms with Gasteiger partial charge in [0.2, 0.25) is 0 Å². The Balaban J connectivity index is 1.98. The summed E-state index contributed by atoms with van der Waals surface area (Å²) in [5, 5.41) is 14.8. The summed E-state index contributed by atoms with van der Waals surface area (Å²) in [6.45, 7) is 4.30. The molecular formula is C18H19N3O4. The molecule has 0 aliphatic carbocycles. The quantitative estimate of drug-likeness (QED) is 0.474. The minimum Gasteiger partial charge on any atom is -0.494 e. The number of carbonyl (C=O) groups excluding carboxylic acids is 1. The van der Waals surface area contributed by atoms with E-state index in [-0.39, 0.29) is 11.6 Å². The van der Waals surface area contributed by atoms with Crippen LogP contribution in [0, 0.1) is 17.0 Å². The number of carbonyl (C=O) groups is 1. The van der Waals surface area contributed by atoms with Crippen molar-refractivity contribution >= 4 is 17.8 Å². The summed E-state index contributed by atoms with van der Waals surface area (Å²) in [4.78, 5) is 22.5. The molecule has 1 N–H and O–H groups in total. The zero-order valence-electron chi connectivity index (χ0n) is 14.1. The average Bonchev–Trinajstić information content (AvgIpc) is 2.61. The Kier molecular flexibility index (Phi) is 6.22. The molecule has 7 nitrogen and oxygen atoms in total. The Bertz CT molecular complexity index is 785. The van der Waals surface area contributed by atoms with Crippen molar-refractivity contribution in [3.8, 4) is 5.75 Å². The van der Waals surface area contributed by atoms with E-state index in [9.17, 15) is 14.9 Å². The summed E-state index contributed by atoms with van der Waals surface area (Å²) in [6, 6.07) is 11.5. The fourth-order valence-corrected chi connectivity index (χ4v) is 2.06. The Morgan fingerprint density at radius 2 is 2.00 bits per heavy atom. The lowest BCUT2D eigenvalue weighted by Gasteiger charge is -2.05. The zero-order valence-corrected chi connectivity index (χ0v) is 14.1. The van der Waals surface area contributed by atoms with Crippen LogP contribution in [0.5, 0.6) is 5.75 Å². The minimum atomic E-state index is -0.451. The number of hydrazone groups is 1. The number of hydrogen-bond donors (Lipinski definition) is 1. The summed E-state index contributed by atoms with van der Waals surface area (Å²) < 4.78 is 5.45. The van der Waals surface area contributed by atoms with Gasteiger partial charge < -0.3 is 4.74 Å². The first kappa shape index (κ1) is 18.1. The lowest BCUT2D eigenvalue weighted by Crippen LogP contribution is -2.17. The van der Waals surface area contributed by atoms with Gasteiger partial charge in [-0.1, -0.05) is 19.1 Å². The second-order valence-corrected chi connectivity index (χ2v) is 5.37. The molecule has 2 aromatic carbocycles. The lowest BCUT2D eigenvalue weighted by atomic mass is 10.1. The van der Waals surface area contributed by atoms with Crippen molar-refractivity contribution in [3.05, 3.63) is 69.3 Å². The number of rotatable bonds is 7. The van der Waals surface area contributed by atoms with Crippen LogP contribution >= 0.6 is 0 Å². The van der Waals surface area contributed by atoms with Crippen molar-refractivity contribution in [3.63, 3.8) is 0 Å². The number of nitrogens with one attached hydrogen (secondary N) is 1.